The van der Waals surface area contributed by atoms with E-state index in [4.69, 9.17) is 4.74 Å². The molecule has 1 atom stereocenters. The zero-order chi connectivity index (χ0) is 18.1. The van der Waals surface area contributed by atoms with Crippen molar-refractivity contribution in [3.63, 3.8) is 0 Å². The average molecular weight is 355 g/mol. The van der Waals surface area contributed by atoms with E-state index in [1.54, 1.807) is 12.0 Å². The number of aromatic amines is 1. The van der Waals surface area contributed by atoms with Crippen LogP contribution in [0.15, 0.2) is 24.4 Å². The minimum atomic E-state index is -0.584. The molecule has 0 radical (unpaired) electrons. The van der Waals surface area contributed by atoms with E-state index >= 15 is 0 Å². The van der Waals surface area contributed by atoms with Crippen LogP contribution < -0.4 is 10.1 Å². The molecule has 0 spiro atoms. The monoisotopic (exact) mass is 355 g/mol. The van der Waals surface area contributed by atoms with Gasteiger partial charge in [0.15, 0.2) is 0 Å². The second kappa shape index (κ2) is 7.02. The Bertz CT molecular complexity index is 823. The Morgan fingerprint density at radius 2 is 2.12 bits per heavy atom. The lowest BCUT2D eigenvalue weighted by Crippen LogP contribution is -2.52. The molecule has 1 saturated heterocycles. The van der Waals surface area contributed by atoms with Gasteiger partial charge in [0.25, 0.3) is 0 Å². The number of amides is 2. The summed E-state index contributed by atoms with van der Waals surface area (Å²) in [7, 11) is 1.62. The molecule has 2 aromatic rings. The number of fused-ring (bicyclic) bond motifs is 1. The van der Waals surface area contributed by atoms with E-state index in [1.165, 1.54) is 6.42 Å². The summed E-state index contributed by atoms with van der Waals surface area (Å²) in [5, 5.41) is 4.12. The number of methoxy groups -OCH3 is 1. The summed E-state index contributed by atoms with van der Waals surface area (Å²) in [6, 6.07) is 5.38. The molecular formula is C20H25N3O3. The van der Waals surface area contributed by atoms with Gasteiger partial charge in [0.1, 0.15) is 11.8 Å². The van der Waals surface area contributed by atoms with Crippen LogP contribution >= 0.6 is 0 Å². The fourth-order valence-corrected chi connectivity index (χ4v) is 4.06. The zero-order valence-corrected chi connectivity index (χ0v) is 15.1. The van der Waals surface area contributed by atoms with Crippen LogP contribution in [0.25, 0.3) is 10.9 Å². The second-order valence-electron chi connectivity index (χ2n) is 7.24. The first-order chi connectivity index (χ1) is 12.7. The van der Waals surface area contributed by atoms with Crippen LogP contribution in [0.2, 0.25) is 0 Å². The molecule has 0 bridgehead atoms. The highest BCUT2D eigenvalue weighted by Gasteiger charge is 2.38. The predicted molar refractivity (Wildman–Crippen MR) is 98.9 cm³/mol. The predicted octanol–water partition coefficient (Wildman–Crippen LogP) is 2.90. The SMILES string of the molecule is COc1ccc2[nH]cc([C@@H](C(=O)NC3CCCCC3)N3CCC3=O)c2c1. The topological polar surface area (TPSA) is 74.4 Å². The summed E-state index contributed by atoms with van der Waals surface area (Å²) in [6.07, 6.45) is 7.95. The van der Waals surface area contributed by atoms with E-state index in [1.807, 2.05) is 24.4 Å². The Kier molecular flexibility index (Phi) is 4.57. The third-order valence-corrected chi connectivity index (χ3v) is 5.61. The van der Waals surface area contributed by atoms with Crippen molar-refractivity contribution in [2.75, 3.05) is 13.7 Å². The first-order valence-corrected chi connectivity index (χ1v) is 9.42. The number of ether oxygens (including phenoxy) is 1. The van der Waals surface area contributed by atoms with E-state index in [9.17, 15) is 9.59 Å². The van der Waals surface area contributed by atoms with Crippen LogP contribution in [-0.4, -0.2) is 41.4 Å². The summed E-state index contributed by atoms with van der Waals surface area (Å²) >= 11 is 0. The standard InChI is InChI=1S/C20H25N3O3/c1-26-14-7-8-17-15(11-14)16(12-21-17)19(23-10-9-18(23)24)20(25)22-13-5-3-2-4-6-13/h7-8,11-13,19,21H,2-6,9-10H2,1H3,(H,22,25)/t19-/m0/s1. The molecule has 4 rings (SSSR count). The van der Waals surface area contributed by atoms with Crippen molar-refractivity contribution in [2.45, 2.75) is 50.6 Å². The van der Waals surface area contributed by atoms with E-state index in [2.05, 4.69) is 10.3 Å². The number of rotatable bonds is 5. The highest BCUT2D eigenvalue weighted by molar-refractivity contribution is 5.96. The Labute approximate surface area is 152 Å². The summed E-state index contributed by atoms with van der Waals surface area (Å²) in [5.74, 6) is 0.694. The Balaban J connectivity index is 1.67. The van der Waals surface area contributed by atoms with Gasteiger partial charge in [-0.1, -0.05) is 19.3 Å². The van der Waals surface area contributed by atoms with E-state index < -0.39 is 6.04 Å². The summed E-state index contributed by atoms with van der Waals surface area (Å²) in [5.41, 5.74) is 1.77. The number of likely N-dealkylation sites (tertiary alicyclic amines) is 1. The number of β-lactam (4-membered cyclic amide) rings is 1. The molecule has 2 heterocycles. The first kappa shape index (κ1) is 16.9. The molecule has 1 aromatic heterocycles. The van der Waals surface area contributed by atoms with Crippen molar-refractivity contribution in [1.82, 2.24) is 15.2 Å². The Morgan fingerprint density at radius 3 is 2.77 bits per heavy atom. The van der Waals surface area contributed by atoms with Crippen molar-refractivity contribution < 1.29 is 14.3 Å². The zero-order valence-electron chi connectivity index (χ0n) is 15.1. The van der Waals surface area contributed by atoms with Gasteiger partial charge < -0.3 is 19.9 Å². The van der Waals surface area contributed by atoms with Gasteiger partial charge in [-0.05, 0) is 31.0 Å². The van der Waals surface area contributed by atoms with Crippen LogP contribution in [0, 0.1) is 0 Å². The number of hydrogen-bond acceptors (Lipinski definition) is 3. The molecule has 1 aliphatic carbocycles. The van der Waals surface area contributed by atoms with Gasteiger partial charge >= 0.3 is 0 Å². The Hall–Kier alpha value is -2.50. The van der Waals surface area contributed by atoms with Crippen LogP contribution in [-0.2, 0) is 9.59 Å². The van der Waals surface area contributed by atoms with E-state index in [0.29, 0.717) is 13.0 Å². The Morgan fingerprint density at radius 1 is 1.31 bits per heavy atom. The lowest BCUT2D eigenvalue weighted by Gasteiger charge is -2.38. The lowest BCUT2D eigenvalue weighted by molar-refractivity contribution is -0.149. The van der Waals surface area contributed by atoms with Gasteiger partial charge in [-0.3, -0.25) is 9.59 Å². The molecule has 2 N–H and O–H groups in total. The van der Waals surface area contributed by atoms with Crippen molar-refractivity contribution in [3.8, 4) is 5.75 Å². The smallest absolute Gasteiger partial charge is 0.247 e. The van der Waals surface area contributed by atoms with Gasteiger partial charge in [-0.2, -0.15) is 0 Å². The van der Waals surface area contributed by atoms with Crippen LogP contribution in [0.4, 0.5) is 0 Å². The summed E-state index contributed by atoms with van der Waals surface area (Å²) < 4.78 is 5.34. The number of carbonyl (C=O) groups is 2. The molecule has 1 aromatic carbocycles. The van der Waals surface area contributed by atoms with Gasteiger partial charge in [0.05, 0.1) is 7.11 Å². The largest absolute Gasteiger partial charge is 0.497 e. The highest BCUT2D eigenvalue weighted by atomic mass is 16.5. The molecule has 0 unspecified atom stereocenters. The van der Waals surface area contributed by atoms with E-state index in [0.717, 1.165) is 47.9 Å². The molecular weight excluding hydrogens is 330 g/mol. The first-order valence-electron chi connectivity index (χ1n) is 9.42. The fourth-order valence-electron chi connectivity index (χ4n) is 4.06. The molecule has 2 aliphatic rings. The summed E-state index contributed by atoms with van der Waals surface area (Å²) in [6.45, 7) is 0.623. The number of H-pyrrole nitrogens is 1. The van der Waals surface area contributed by atoms with Crippen LogP contribution in [0.3, 0.4) is 0 Å². The molecule has 26 heavy (non-hydrogen) atoms. The lowest BCUT2D eigenvalue weighted by atomic mass is 9.94. The minimum absolute atomic E-state index is 0.0334. The average Bonchev–Trinajstić information content (AvgIpc) is 3.08. The minimum Gasteiger partial charge on any atom is -0.497 e. The van der Waals surface area contributed by atoms with Gasteiger partial charge in [-0.25, -0.2) is 0 Å². The van der Waals surface area contributed by atoms with Gasteiger partial charge in [0.2, 0.25) is 11.8 Å². The molecule has 6 nitrogen and oxygen atoms in total. The molecule has 6 heteroatoms. The van der Waals surface area contributed by atoms with Crippen molar-refractivity contribution in [1.29, 1.82) is 0 Å². The number of nitrogens with zero attached hydrogens (tertiary/aromatic N) is 1. The van der Waals surface area contributed by atoms with Gasteiger partial charge in [0, 0.05) is 41.7 Å². The molecule has 1 saturated carbocycles. The third-order valence-electron chi connectivity index (χ3n) is 5.61. The van der Waals surface area contributed by atoms with Crippen molar-refractivity contribution in [3.05, 3.63) is 30.0 Å². The maximum Gasteiger partial charge on any atom is 0.247 e. The number of benzene rings is 1. The number of carbonyl (C=O) groups excluding carboxylic acids is 2. The summed E-state index contributed by atoms with van der Waals surface area (Å²) in [4.78, 5) is 30.2. The second-order valence-corrected chi connectivity index (χ2v) is 7.24. The quantitative estimate of drug-likeness (QED) is 0.810. The van der Waals surface area contributed by atoms with Crippen molar-refractivity contribution >= 4 is 22.7 Å². The maximum absolute atomic E-state index is 13.1. The number of nitrogens with one attached hydrogen (secondary N) is 2. The van der Waals surface area contributed by atoms with E-state index in [-0.39, 0.29) is 17.9 Å². The van der Waals surface area contributed by atoms with Crippen molar-refractivity contribution in [2.24, 2.45) is 0 Å². The number of hydrogen-bond donors (Lipinski definition) is 2. The highest BCUT2D eigenvalue weighted by Crippen LogP contribution is 2.34. The van der Waals surface area contributed by atoms with Gasteiger partial charge in [-0.15, -0.1) is 0 Å². The number of aromatic nitrogens is 1. The molecule has 1 aliphatic heterocycles. The van der Waals surface area contributed by atoms with Crippen LogP contribution in [0.5, 0.6) is 5.75 Å². The third kappa shape index (κ3) is 3.04. The molecule has 2 amide bonds. The maximum atomic E-state index is 13.1. The normalized spacial score (nSPS) is 19.3. The molecule has 138 valence electrons. The molecule has 2 fully saturated rings. The van der Waals surface area contributed by atoms with Crippen LogP contribution in [0.1, 0.15) is 50.1 Å². The fraction of sp³-hybridized carbons (Fsp3) is 0.500.